The van der Waals surface area contributed by atoms with Gasteiger partial charge >= 0.3 is 0 Å². The van der Waals surface area contributed by atoms with Crippen LogP contribution >= 0.6 is 0 Å². The molecule has 0 bridgehead atoms. The molecule has 2 aliphatic rings. The number of nitrogens with zero attached hydrogens (tertiary/aromatic N) is 1. The van der Waals surface area contributed by atoms with Crippen molar-refractivity contribution in [3.63, 3.8) is 0 Å². The highest BCUT2D eigenvalue weighted by Gasteiger charge is 2.34. The predicted molar refractivity (Wildman–Crippen MR) is 88.1 cm³/mol. The second-order valence-corrected chi connectivity index (χ2v) is 7.37. The Hall–Kier alpha value is -1.17. The summed E-state index contributed by atoms with van der Waals surface area (Å²) in [7, 11) is 0. The molecule has 1 aromatic rings. The lowest BCUT2D eigenvalue weighted by Crippen LogP contribution is -2.43. The SMILES string of the molecule is CC1(C)CC(NCC(O)CN2CCCC2)c2ccc(F)cc2O1. The van der Waals surface area contributed by atoms with Gasteiger partial charge in [-0.1, -0.05) is 6.07 Å². The minimum Gasteiger partial charge on any atom is -0.487 e. The molecule has 1 fully saturated rings. The number of fused-ring (bicyclic) bond motifs is 1. The number of hydrogen-bond donors (Lipinski definition) is 2. The quantitative estimate of drug-likeness (QED) is 0.874. The van der Waals surface area contributed by atoms with Crippen molar-refractivity contribution in [1.82, 2.24) is 10.2 Å². The monoisotopic (exact) mass is 322 g/mol. The summed E-state index contributed by atoms with van der Waals surface area (Å²) in [6.45, 7) is 7.45. The van der Waals surface area contributed by atoms with Crippen molar-refractivity contribution in [3.05, 3.63) is 29.6 Å². The summed E-state index contributed by atoms with van der Waals surface area (Å²) in [5.74, 6) is 0.321. The molecule has 0 aliphatic carbocycles. The summed E-state index contributed by atoms with van der Waals surface area (Å²) in [5, 5.41) is 13.7. The molecule has 2 N–H and O–H groups in total. The molecule has 0 saturated carbocycles. The first-order chi connectivity index (χ1) is 10.9. The van der Waals surface area contributed by atoms with E-state index in [9.17, 15) is 9.50 Å². The first kappa shape index (κ1) is 16.7. The van der Waals surface area contributed by atoms with E-state index in [0.717, 1.165) is 31.6 Å². The van der Waals surface area contributed by atoms with E-state index in [1.165, 1.54) is 25.0 Å². The van der Waals surface area contributed by atoms with Gasteiger partial charge in [0.25, 0.3) is 0 Å². The molecule has 1 saturated heterocycles. The maximum Gasteiger partial charge on any atom is 0.127 e. The molecule has 2 unspecified atom stereocenters. The highest BCUT2D eigenvalue weighted by molar-refractivity contribution is 5.39. The average molecular weight is 322 g/mol. The Balaban J connectivity index is 1.62. The molecule has 2 heterocycles. The molecule has 0 spiro atoms. The van der Waals surface area contributed by atoms with E-state index in [0.29, 0.717) is 12.3 Å². The minimum absolute atomic E-state index is 0.0718. The van der Waals surface area contributed by atoms with E-state index in [-0.39, 0.29) is 23.6 Å². The maximum absolute atomic E-state index is 13.5. The van der Waals surface area contributed by atoms with Crippen LogP contribution in [0.15, 0.2) is 18.2 Å². The number of likely N-dealkylation sites (tertiary alicyclic amines) is 1. The maximum atomic E-state index is 13.5. The first-order valence-corrected chi connectivity index (χ1v) is 8.55. The molecule has 4 nitrogen and oxygen atoms in total. The standard InChI is InChI=1S/C18H27FN2O2/c1-18(2)10-16(15-6-5-13(19)9-17(15)23-18)20-11-14(22)12-21-7-3-4-8-21/h5-6,9,14,16,20,22H,3-4,7-8,10-12H2,1-2H3. The van der Waals surface area contributed by atoms with Crippen LogP contribution < -0.4 is 10.1 Å². The first-order valence-electron chi connectivity index (χ1n) is 8.55. The number of rotatable bonds is 5. The molecule has 0 radical (unpaired) electrons. The molecule has 2 atom stereocenters. The molecule has 5 heteroatoms. The average Bonchev–Trinajstić information content (AvgIpc) is 2.96. The van der Waals surface area contributed by atoms with Gasteiger partial charge in [0.05, 0.1) is 6.10 Å². The number of halogens is 1. The molecule has 128 valence electrons. The van der Waals surface area contributed by atoms with E-state index in [2.05, 4.69) is 10.2 Å². The largest absolute Gasteiger partial charge is 0.487 e. The van der Waals surface area contributed by atoms with Crippen molar-refractivity contribution in [1.29, 1.82) is 0 Å². The second kappa shape index (κ2) is 6.75. The highest BCUT2D eigenvalue weighted by Crippen LogP contribution is 2.39. The summed E-state index contributed by atoms with van der Waals surface area (Å²) in [4.78, 5) is 2.31. The van der Waals surface area contributed by atoms with Crippen LogP contribution in [-0.2, 0) is 0 Å². The second-order valence-electron chi connectivity index (χ2n) is 7.37. The third-order valence-corrected chi connectivity index (χ3v) is 4.70. The summed E-state index contributed by atoms with van der Waals surface area (Å²) in [6, 6.07) is 4.77. The van der Waals surface area contributed by atoms with Gasteiger partial charge in [-0.25, -0.2) is 4.39 Å². The van der Waals surface area contributed by atoms with E-state index < -0.39 is 0 Å². The molecule has 23 heavy (non-hydrogen) atoms. The van der Waals surface area contributed by atoms with Crippen LogP contribution in [0.1, 0.15) is 44.7 Å². The van der Waals surface area contributed by atoms with E-state index in [4.69, 9.17) is 4.74 Å². The van der Waals surface area contributed by atoms with Crippen LogP contribution in [0, 0.1) is 5.82 Å². The van der Waals surface area contributed by atoms with Crippen molar-refractivity contribution in [2.24, 2.45) is 0 Å². The van der Waals surface area contributed by atoms with Crippen LogP contribution in [0.5, 0.6) is 5.75 Å². The van der Waals surface area contributed by atoms with Crippen LogP contribution in [-0.4, -0.2) is 47.9 Å². The lowest BCUT2D eigenvalue weighted by atomic mass is 9.89. The smallest absolute Gasteiger partial charge is 0.127 e. The topological polar surface area (TPSA) is 44.7 Å². The van der Waals surface area contributed by atoms with E-state index in [1.807, 2.05) is 13.8 Å². The van der Waals surface area contributed by atoms with Gasteiger partial charge in [0.2, 0.25) is 0 Å². The van der Waals surface area contributed by atoms with Crippen molar-refractivity contribution in [3.8, 4) is 5.75 Å². The molecule has 0 aromatic heterocycles. The summed E-state index contributed by atoms with van der Waals surface area (Å²) in [6.07, 6.45) is 2.87. The highest BCUT2D eigenvalue weighted by atomic mass is 19.1. The minimum atomic E-state index is -0.386. The van der Waals surface area contributed by atoms with Crippen molar-refractivity contribution >= 4 is 0 Å². The normalized spacial score (nSPS) is 25.0. The van der Waals surface area contributed by atoms with Gasteiger partial charge in [0, 0.05) is 37.2 Å². The zero-order valence-electron chi connectivity index (χ0n) is 14.0. The molecule has 0 amide bonds. The Morgan fingerprint density at radius 1 is 1.39 bits per heavy atom. The van der Waals surface area contributed by atoms with Crippen molar-refractivity contribution in [2.45, 2.75) is 50.9 Å². The molecular formula is C18H27FN2O2. The summed E-state index contributed by atoms with van der Waals surface area (Å²) in [5.41, 5.74) is 0.623. The molecule has 1 aromatic carbocycles. The number of hydrogen-bond acceptors (Lipinski definition) is 4. The fourth-order valence-electron chi connectivity index (χ4n) is 3.61. The lowest BCUT2D eigenvalue weighted by molar-refractivity contribution is 0.0591. The van der Waals surface area contributed by atoms with Gasteiger partial charge in [-0.2, -0.15) is 0 Å². The number of aliphatic hydroxyl groups is 1. The summed E-state index contributed by atoms with van der Waals surface area (Å²) >= 11 is 0. The molecule has 2 aliphatic heterocycles. The molecular weight excluding hydrogens is 295 g/mol. The number of benzene rings is 1. The number of aliphatic hydroxyl groups excluding tert-OH is 1. The van der Waals surface area contributed by atoms with Crippen LogP contribution in [0.3, 0.4) is 0 Å². The van der Waals surface area contributed by atoms with Gasteiger partial charge in [0.15, 0.2) is 0 Å². The number of nitrogens with one attached hydrogen (secondary N) is 1. The van der Waals surface area contributed by atoms with E-state index in [1.54, 1.807) is 6.07 Å². The molecule has 3 rings (SSSR count). The Morgan fingerprint density at radius 2 is 2.13 bits per heavy atom. The fraction of sp³-hybridized carbons (Fsp3) is 0.667. The van der Waals surface area contributed by atoms with Crippen molar-refractivity contribution in [2.75, 3.05) is 26.2 Å². The Labute approximate surface area is 137 Å². The van der Waals surface area contributed by atoms with Gasteiger partial charge in [-0.15, -0.1) is 0 Å². The number of β-amino-alcohol motifs (C(OH)–C–C–N with tert-alkyl or cyclic N) is 1. The van der Waals surface area contributed by atoms with Crippen LogP contribution in [0.2, 0.25) is 0 Å². The zero-order chi connectivity index (χ0) is 16.4. The van der Waals surface area contributed by atoms with Gasteiger partial charge in [-0.3, -0.25) is 0 Å². The predicted octanol–water partition coefficient (Wildman–Crippen LogP) is 2.47. The third kappa shape index (κ3) is 4.22. The van der Waals surface area contributed by atoms with Gasteiger partial charge in [-0.05, 0) is 45.8 Å². The lowest BCUT2D eigenvalue weighted by Gasteiger charge is -2.38. The van der Waals surface area contributed by atoms with Crippen LogP contribution in [0.25, 0.3) is 0 Å². The fourth-order valence-corrected chi connectivity index (χ4v) is 3.61. The third-order valence-electron chi connectivity index (χ3n) is 4.70. The van der Waals surface area contributed by atoms with Gasteiger partial charge in [0.1, 0.15) is 17.2 Å². The van der Waals surface area contributed by atoms with Gasteiger partial charge < -0.3 is 20.1 Å². The van der Waals surface area contributed by atoms with Crippen LogP contribution in [0.4, 0.5) is 4.39 Å². The Kier molecular flexibility index (Phi) is 4.90. The zero-order valence-corrected chi connectivity index (χ0v) is 14.0. The number of ether oxygens (including phenoxy) is 1. The summed E-state index contributed by atoms with van der Waals surface area (Å²) < 4.78 is 19.4. The Bertz CT molecular complexity index is 544. The van der Waals surface area contributed by atoms with E-state index >= 15 is 0 Å². The Morgan fingerprint density at radius 3 is 2.87 bits per heavy atom. The van der Waals surface area contributed by atoms with Crippen molar-refractivity contribution < 1.29 is 14.2 Å².